The molecule has 18 heavy (non-hydrogen) atoms. The molecule has 2 atom stereocenters. The summed E-state index contributed by atoms with van der Waals surface area (Å²) in [4.78, 5) is 2.03. The molecule has 1 aliphatic heterocycles. The molecule has 0 aromatic heterocycles. The van der Waals surface area contributed by atoms with Crippen molar-refractivity contribution in [2.75, 3.05) is 26.3 Å². The Morgan fingerprint density at radius 3 is 2.39 bits per heavy atom. The van der Waals surface area contributed by atoms with Crippen molar-refractivity contribution in [2.45, 2.75) is 50.0 Å². The fraction of sp³-hybridized carbons (Fsp3) is 1.00. The molecule has 2 saturated carbocycles. The minimum Gasteiger partial charge on any atom is -0.379 e. The first-order valence-corrected chi connectivity index (χ1v) is 6.90. The molecule has 1 heterocycles. The lowest BCUT2D eigenvalue weighted by Crippen LogP contribution is -2.49. The summed E-state index contributed by atoms with van der Waals surface area (Å²) >= 11 is 0. The first kappa shape index (κ1) is 14.7. The number of alkyl halides is 2. The molecule has 1 saturated heterocycles. The number of hydrogen-bond acceptors (Lipinski definition) is 2. The Labute approximate surface area is 118 Å². The van der Waals surface area contributed by atoms with Gasteiger partial charge in [-0.25, -0.2) is 8.78 Å². The van der Waals surface area contributed by atoms with Crippen molar-refractivity contribution in [3.63, 3.8) is 0 Å². The Bertz CT molecular complexity index is 297. The molecule has 0 aromatic rings. The van der Waals surface area contributed by atoms with E-state index in [9.17, 15) is 8.78 Å². The van der Waals surface area contributed by atoms with Crippen LogP contribution in [-0.4, -0.2) is 42.7 Å². The highest BCUT2D eigenvalue weighted by Crippen LogP contribution is 2.67. The van der Waals surface area contributed by atoms with Gasteiger partial charge in [-0.3, -0.25) is 4.90 Å². The molecule has 2 nitrogen and oxygen atoms in total. The molecule has 3 fully saturated rings. The van der Waals surface area contributed by atoms with Crippen LogP contribution in [-0.2, 0) is 4.74 Å². The monoisotopic (exact) mass is 325 g/mol. The maximum atomic E-state index is 14.2. The molecule has 0 radical (unpaired) electrons. The minimum absolute atomic E-state index is 0. The van der Waals surface area contributed by atoms with Crippen molar-refractivity contribution in [3.05, 3.63) is 0 Å². The Morgan fingerprint density at radius 2 is 1.67 bits per heavy atom. The van der Waals surface area contributed by atoms with Crippen molar-refractivity contribution in [1.29, 1.82) is 0 Å². The second-order valence-corrected chi connectivity index (χ2v) is 5.65. The van der Waals surface area contributed by atoms with E-state index in [0.29, 0.717) is 39.1 Å². The van der Waals surface area contributed by atoms with Gasteiger partial charge in [-0.2, -0.15) is 0 Å². The summed E-state index contributed by atoms with van der Waals surface area (Å²) in [6, 6.07) is 0. The molecule has 5 heteroatoms. The van der Waals surface area contributed by atoms with Gasteiger partial charge in [0.15, 0.2) is 0 Å². The van der Waals surface area contributed by atoms with Crippen LogP contribution in [0.25, 0.3) is 0 Å². The Kier molecular flexibility index (Phi) is 4.34. The molecule has 0 N–H and O–H groups in total. The molecular weight excluding hydrogens is 304 g/mol. The highest BCUT2D eigenvalue weighted by molar-refractivity contribution is 8.93. The minimum atomic E-state index is -2.45. The van der Waals surface area contributed by atoms with Gasteiger partial charge in [0.05, 0.1) is 18.8 Å². The van der Waals surface area contributed by atoms with E-state index >= 15 is 0 Å². The molecular formula is C13H22BrF2NO. The Balaban J connectivity index is 0.00000120. The zero-order valence-electron chi connectivity index (χ0n) is 10.7. The maximum absolute atomic E-state index is 14.2. The van der Waals surface area contributed by atoms with Gasteiger partial charge < -0.3 is 4.74 Å². The van der Waals surface area contributed by atoms with Crippen LogP contribution in [0.15, 0.2) is 0 Å². The van der Waals surface area contributed by atoms with E-state index in [0.717, 1.165) is 25.7 Å². The topological polar surface area (TPSA) is 12.5 Å². The van der Waals surface area contributed by atoms with Crippen molar-refractivity contribution < 1.29 is 13.5 Å². The van der Waals surface area contributed by atoms with E-state index in [1.165, 1.54) is 0 Å². The largest absolute Gasteiger partial charge is 0.379 e. The number of morpholine rings is 1. The van der Waals surface area contributed by atoms with E-state index < -0.39 is 11.5 Å². The molecule has 2 aliphatic carbocycles. The van der Waals surface area contributed by atoms with Gasteiger partial charge in [-0.1, -0.05) is 25.7 Å². The lowest BCUT2D eigenvalue weighted by Gasteiger charge is -2.36. The number of nitrogens with zero attached hydrogens (tertiary/aromatic N) is 1. The molecule has 0 aromatic carbocycles. The fourth-order valence-electron chi connectivity index (χ4n) is 3.93. The number of ether oxygens (including phenoxy) is 1. The summed E-state index contributed by atoms with van der Waals surface area (Å²) in [5.74, 6) is -2.83. The van der Waals surface area contributed by atoms with Crippen LogP contribution >= 0.6 is 17.0 Å². The van der Waals surface area contributed by atoms with Crippen molar-refractivity contribution >= 4 is 17.0 Å². The maximum Gasteiger partial charge on any atom is 0.271 e. The third-order valence-electron chi connectivity index (χ3n) is 4.88. The highest BCUT2D eigenvalue weighted by atomic mass is 79.9. The molecule has 0 amide bonds. The lowest BCUT2D eigenvalue weighted by molar-refractivity contribution is -0.0368. The van der Waals surface area contributed by atoms with E-state index in [2.05, 4.69) is 0 Å². The lowest BCUT2D eigenvalue weighted by atomic mass is 9.95. The normalized spacial score (nSPS) is 40.0. The highest BCUT2D eigenvalue weighted by Gasteiger charge is 2.81. The molecule has 3 rings (SSSR count). The van der Waals surface area contributed by atoms with Gasteiger partial charge in [0, 0.05) is 19.0 Å². The second kappa shape index (κ2) is 5.33. The number of hydrogen-bond donors (Lipinski definition) is 0. The molecule has 0 spiro atoms. The quantitative estimate of drug-likeness (QED) is 0.733. The van der Waals surface area contributed by atoms with Gasteiger partial charge in [0.25, 0.3) is 5.92 Å². The van der Waals surface area contributed by atoms with Crippen LogP contribution in [0.4, 0.5) is 8.78 Å². The van der Waals surface area contributed by atoms with Crippen LogP contribution in [0.3, 0.4) is 0 Å². The molecule has 2 unspecified atom stereocenters. The van der Waals surface area contributed by atoms with Gasteiger partial charge >= 0.3 is 0 Å². The third kappa shape index (κ3) is 2.02. The number of fused-ring (bicyclic) bond motifs is 1. The third-order valence-corrected chi connectivity index (χ3v) is 4.88. The molecule has 0 bridgehead atoms. The van der Waals surface area contributed by atoms with Crippen LogP contribution in [0.2, 0.25) is 0 Å². The second-order valence-electron chi connectivity index (χ2n) is 5.65. The first-order valence-electron chi connectivity index (χ1n) is 6.90. The van der Waals surface area contributed by atoms with E-state index in [1.807, 2.05) is 4.90 Å². The summed E-state index contributed by atoms with van der Waals surface area (Å²) in [7, 11) is 0. The summed E-state index contributed by atoms with van der Waals surface area (Å²) in [5.41, 5.74) is -0.794. The van der Waals surface area contributed by atoms with Crippen LogP contribution < -0.4 is 0 Å². The van der Waals surface area contributed by atoms with Crippen LogP contribution in [0.1, 0.15) is 38.5 Å². The fourth-order valence-corrected chi connectivity index (χ4v) is 3.93. The summed E-state index contributed by atoms with van der Waals surface area (Å²) < 4.78 is 33.7. The zero-order valence-corrected chi connectivity index (χ0v) is 12.4. The predicted molar refractivity (Wildman–Crippen MR) is 71.6 cm³/mol. The van der Waals surface area contributed by atoms with E-state index in [-0.39, 0.29) is 22.9 Å². The van der Waals surface area contributed by atoms with E-state index in [1.54, 1.807) is 0 Å². The summed E-state index contributed by atoms with van der Waals surface area (Å²) in [6.45, 7) is 2.60. The van der Waals surface area contributed by atoms with Crippen LogP contribution in [0, 0.1) is 5.92 Å². The zero-order chi connectivity index (χ0) is 11.9. The molecule has 3 aliphatic rings. The Hall–Kier alpha value is 0.260. The van der Waals surface area contributed by atoms with Gasteiger partial charge in [-0.05, 0) is 12.8 Å². The summed E-state index contributed by atoms with van der Waals surface area (Å²) in [5, 5.41) is 0. The predicted octanol–water partition coefficient (Wildman–Crippen LogP) is 3.25. The van der Waals surface area contributed by atoms with E-state index in [4.69, 9.17) is 4.74 Å². The number of halogens is 3. The van der Waals surface area contributed by atoms with Crippen molar-refractivity contribution in [3.8, 4) is 0 Å². The average Bonchev–Trinajstić information content (AvgIpc) is 2.74. The first-order chi connectivity index (χ1) is 8.19. The Morgan fingerprint density at radius 1 is 1.00 bits per heavy atom. The standard InChI is InChI=1S/C13H21F2NO.BrH/c14-13(15)11-5-3-1-2-4-6-12(11,13)16-7-9-17-10-8-16;/h11H,1-10H2;1H. The smallest absolute Gasteiger partial charge is 0.271 e. The van der Waals surface area contributed by atoms with Gasteiger partial charge in [-0.15, -0.1) is 17.0 Å². The van der Waals surface area contributed by atoms with Gasteiger partial charge in [0.2, 0.25) is 0 Å². The number of rotatable bonds is 1. The van der Waals surface area contributed by atoms with Crippen LogP contribution in [0.5, 0.6) is 0 Å². The summed E-state index contributed by atoms with van der Waals surface area (Å²) in [6.07, 6.45) is 5.59. The van der Waals surface area contributed by atoms with Gasteiger partial charge in [0.1, 0.15) is 0 Å². The average molecular weight is 326 g/mol. The molecule has 106 valence electrons. The van der Waals surface area contributed by atoms with Crippen molar-refractivity contribution in [1.82, 2.24) is 4.90 Å². The SMILES string of the molecule is Br.FC1(F)C2CCCCCCC21N1CCOCC1. The van der Waals surface area contributed by atoms with Crippen molar-refractivity contribution in [2.24, 2.45) is 5.92 Å².